The van der Waals surface area contributed by atoms with E-state index in [2.05, 4.69) is 10.7 Å². The minimum atomic E-state index is -1.17. The molecule has 1 unspecified atom stereocenters. The molecular formula is C38H51N5O7. The molecule has 4 atom stereocenters. The van der Waals surface area contributed by atoms with E-state index in [4.69, 9.17) is 14.5 Å². The largest absolute Gasteiger partial charge is 0.451 e. The fourth-order valence-corrected chi connectivity index (χ4v) is 6.68. The van der Waals surface area contributed by atoms with Crippen LogP contribution in [0.1, 0.15) is 97.7 Å². The Balaban J connectivity index is 1.51. The predicted octanol–water partition coefficient (Wildman–Crippen LogP) is 4.91. The van der Waals surface area contributed by atoms with E-state index >= 15 is 0 Å². The summed E-state index contributed by atoms with van der Waals surface area (Å²) in [6, 6.07) is 8.31. The number of aromatic nitrogens is 1. The van der Waals surface area contributed by atoms with Crippen LogP contribution in [0.2, 0.25) is 0 Å². The van der Waals surface area contributed by atoms with Gasteiger partial charge in [-0.15, -0.1) is 0 Å². The second-order valence-corrected chi connectivity index (χ2v) is 15.3. The third kappa shape index (κ3) is 8.51. The number of ether oxygens (including phenoxy) is 2. The van der Waals surface area contributed by atoms with Gasteiger partial charge in [-0.2, -0.15) is 0 Å². The minimum absolute atomic E-state index is 0.00837. The fourth-order valence-electron chi connectivity index (χ4n) is 6.68. The molecule has 12 nitrogen and oxygen atoms in total. The van der Waals surface area contributed by atoms with Gasteiger partial charge in [-0.3, -0.25) is 29.2 Å². The van der Waals surface area contributed by atoms with Gasteiger partial charge in [0.1, 0.15) is 11.6 Å². The average molecular weight is 690 g/mol. The van der Waals surface area contributed by atoms with Crippen molar-refractivity contribution >= 4 is 46.6 Å². The van der Waals surface area contributed by atoms with E-state index in [1.807, 2.05) is 49.4 Å². The van der Waals surface area contributed by atoms with Crippen molar-refractivity contribution in [1.29, 1.82) is 0 Å². The molecule has 0 saturated carbocycles. The van der Waals surface area contributed by atoms with Crippen molar-refractivity contribution in [2.45, 2.75) is 110 Å². The van der Waals surface area contributed by atoms with Crippen LogP contribution in [0.3, 0.4) is 0 Å². The van der Waals surface area contributed by atoms with E-state index in [1.54, 1.807) is 46.4 Å². The summed E-state index contributed by atoms with van der Waals surface area (Å²) in [7, 11) is 0. The SMILES string of the molecule is CC(C)C1OC(=O)C2(/C=C/c3ccc4ccc(nc4c3)[C@@H](C)CC(=O)[C@@H]3CCCN(N3)C(=O)[C@H](C)NC1=O)CCN(C(=O)OC(C)(C)C)CC2. The van der Waals surface area contributed by atoms with Gasteiger partial charge in [-0.25, -0.2) is 10.2 Å². The van der Waals surface area contributed by atoms with Crippen molar-refractivity contribution in [2.75, 3.05) is 19.6 Å². The second kappa shape index (κ2) is 14.9. The van der Waals surface area contributed by atoms with Crippen LogP contribution >= 0.6 is 0 Å². The molecular weight excluding hydrogens is 638 g/mol. The number of Topliss-reactive ketones (excluding diaryl/α,β-unsaturated/α-hetero) is 1. The van der Waals surface area contributed by atoms with Crippen LogP contribution < -0.4 is 10.7 Å². The summed E-state index contributed by atoms with van der Waals surface area (Å²) < 4.78 is 11.6. The summed E-state index contributed by atoms with van der Waals surface area (Å²) in [5.74, 6) is -2.11. The van der Waals surface area contributed by atoms with Crippen molar-refractivity contribution in [3.8, 4) is 0 Å². The molecule has 3 aliphatic rings. The topological polar surface area (TPSA) is 147 Å². The number of cyclic esters (lactones) is 1. The number of nitrogens with zero attached hydrogens (tertiary/aromatic N) is 3. The first kappa shape index (κ1) is 36.9. The van der Waals surface area contributed by atoms with E-state index in [9.17, 15) is 24.0 Å². The number of carbonyl (C=O) groups excluding carboxylic acids is 5. The molecule has 1 spiro atoms. The lowest BCUT2D eigenvalue weighted by Gasteiger charge is -2.39. The van der Waals surface area contributed by atoms with E-state index in [0.717, 1.165) is 22.2 Å². The quantitative estimate of drug-likeness (QED) is 0.399. The maximum Gasteiger partial charge on any atom is 0.410 e. The van der Waals surface area contributed by atoms with Gasteiger partial charge >= 0.3 is 12.1 Å². The second-order valence-electron chi connectivity index (χ2n) is 15.3. The molecule has 5 rings (SSSR count). The summed E-state index contributed by atoms with van der Waals surface area (Å²) in [5.41, 5.74) is 3.65. The number of nitrogens with one attached hydrogen (secondary N) is 2. The van der Waals surface area contributed by atoms with Crippen LogP contribution in [-0.2, 0) is 28.7 Å². The van der Waals surface area contributed by atoms with Gasteiger partial charge in [0.2, 0.25) is 0 Å². The number of hydrazine groups is 1. The maximum absolute atomic E-state index is 14.2. The number of piperidine rings is 1. The van der Waals surface area contributed by atoms with Crippen LogP contribution in [0.15, 0.2) is 36.4 Å². The first-order chi connectivity index (χ1) is 23.5. The van der Waals surface area contributed by atoms with Crippen molar-refractivity contribution in [2.24, 2.45) is 11.3 Å². The summed E-state index contributed by atoms with van der Waals surface area (Å²) in [6.45, 7) is 13.4. The van der Waals surface area contributed by atoms with E-state index in [0.29, 0.717) is 19.4 Å². The van der Waals surface area contributed by atoms with Crippen LogP contribution in [0, 0.1) is 11.3 Å². The number of fused-ring (bicyclic) bond motifs is 4. The third-order valence-corrected chi connectivity index (χ3v) is 9.73. The number of pyridine rings is 1. The van der Waals surface area contributed by atoms with Gasteiger partial charge < -0.3 is 19.7 Å². The number of hydrogen-bond acceptors (Lipinski definition) is 9. The lowest BCUT2D eigenvalue weighted by molar-refractivity contribution is -0.168. The monoisotopic (exact) mass is 689 g/mol. The Bertz CT molecular complexity index is 1660. The van der Waals surface area contributed by atoms with Gasteiger partial charge in [0.25, 0.3) is 11.8 Å². The number of likely N-dealkylation sites (tertiary alicyclic amines) is 1. The van der Waals surface area contributed by atoms with Gasteiger partial charge in [0.05, 0.1) is 17.0 Å². The highest BCUT2D eigenvalue weighted by molar-refractivity contribution is 5.92. The molecule has 2 saturated heterocycles. The van der Waals surface area contributed by atoms with E-state index < -0.39 is 53.1 Å². The zero-order valence-corrected chi connectivity index (χ0v) is 30.3. The van der Waals surface area contributed by atoms with Crippen molar-refractivity contribution in [3.63, 3.8) is 0 Å². The van der Waals surface area contributed by atoms with Crippen molar-refractivity contribution < 1.29 is 33.4 Å². The zero-order chi connectivity index (χ0) is 36.4. The Hall–Kier alpha value is -4.32. The first-order valence-electron chi connectivity index (χ1n) is 17.7. The van der Waals surface area contributed by atoms with Crippen LogP contribution in [0.5, 0.6) is 0 Å². The Morgan fingerprint density at radius 2 is 1.74 bits per heavy atom. The zero-order valence-electron chi connectivity index (χ0n) is 30.3. The van der Waals surface area contributed by atoms with Crippen molar-refractivity contribution in [3.05, 3.63) is 47.7 Å². The molecule has 2 N–H and O–H groups in total. The molecule has 50 heavy (non-hydrogen) atoms. The molecule has 2 aromatic rings. The Labute approximate surface area is 294 Å². The number of hydrogen-bond donors (Lipinski definition) is 2. The number of esters is 1. The molecule has 4 heterocycles. The van der Waals surface area contributed by atoms with E-state index in [-0.39, 0.29) is 50.0 Å². The molecule has 3 amide bonds. The third-order valence-electron chi connectivity index (χ3n) is 9.73. The molecule has 1 aromatic heterocycles. The molecule has 0 aliphatic carbocycles. The van der Waals surface area contributed by atoms with Gasteiger partial charge in [0, 0.05) is 43.1 Å². The first-order valence-corrected chi connectivity index (χ1v) is 17.7. The summed E-state index contributed by atoms with van der Waals surface area (Å²) >= 11 is 0. The van der Waals surface area contributed by atoms with Gasteiger partial charge in [-0.05, 0) is 77.0 Å². The van der Waals surface area contributed by atoms with Crippen LogP contribution in [0.25, 0.3) is 17.0 Å². The predicted molar refractivity (Wildman–Crippen MR) is 188 cm³/mol. The highest BCUT2D eigenvalue weighted by Crippen LogP contribution is 2.37. The molecule has 3 aliphatic heterocycles. The molecule has 0 radical (unpaired) electrons. The Kier molecular flexibility index (Phi) is 11.0. The normalized spacial score (nSPS) is 26.2. The van der Waals surface area contributed by atoms with Gasteiger partial charge in [-0.1, -0.05) is 51.1 Å². The smallest absolute Gasteiger partial charge is 0.410 e. The molecule has 2 fully saturated rings. The molecule has 1 aromatic carbocycles. The van der Waals surface area contributed by atoms with Crippen LogP contribution in [-0.4, -0.2) is 88.0 Å². The fraction of sp³-hybridized carbons (Fsp3) is 0.579. The van der Waals surface area contributed by atoms with Crippen LogP contribution in [0.4, 0.5) is 4.79 Å². The lowest BCUT2D eigenvalue weighted by Crippen LogP contribution is -2.60. The highest BCUT2D eigenvalue weighted by Gasteiger charge is 2.45. The highest BCUT2D eigenvalue weighted by atomic mass is 16.6. The molecule has 12 heteroatoms. The summed E-state index contributed by atoms with van der Waals surface area (Å²) in [6.07, 6.45) is 4.05. The average Bonchev–Trinajstić information content (AvgIpc) is 3.07. The molecule has 5 bridgehead atoms. The standard InChI is InChI=1S/C38H51N5O7/c1-23(2)32-33(45)39-25(4)34(46)43-18-8-9-29(41-43)31(44)21-24(3)28-13-12-27-11-10-26(22-30(27)40-28)14-15-38(35(47)49-32)16-19-42(20-17-38)36(48)50-37(5,6)7/h10-15,22-25,29,32,41H,8-9,16-21H2,1-7H3,(H,39,45)/b15-14+/t24-,25-,29-,32?/m0/s1. The number of rotatable bonds is 1. The maximum atomic E-state index is 14.2. The number of carbonyl (C=O) groups is 5. The Morgan fingerprint density at radius 1 is 1.04 bits per heavy atom. The Morgan fingerprint density at radius 3 is 2.42 bits per heavy atom. The van der Waals surface area contributed by atoms with E-state index in [1.165, 1.54) is 5.01 Å². The van der Waals surface area contributed by atoms with Crippen molar-refractivity contribution in [1.82, 2.24) is 25.6 Å². The summed E-state index contributed by atoms with van der Waals surface area (Å²) in [5, 5.41) is 5.10. The lowest BCUT2D eigenvalue weighted by atomic mass is 9.77. The molecule has 270 valence electrons. The van der Waals surface area contributed by atoms with Gasteiger partial charge in [0.15, 0.2) is 11.9 Å². The number of benzene rings is 1. The number of amides is 3. The minimum Gasteiger partial charge on any atom is -0.451 e. The number of ketones is 1. The summed E-state index contributed by atoms with van der Waals surface area (Å²) in [4.78, 5) is 74.2.